The topological polar surface area (TPSA) is 90.7 Å². The van der Waals surface area contributed by atoms with Crippen molar-refractivity contribution in [2.75, 3.05) is 6.61 Å². The van der Waals surface area contributed by atoms with E-state index in [9.17, 15) is 14.7 Å². The van der Waals surface area contributed by atoms with Crippen LogP contribution in [0.4, 0.5) is 0 Å². The molecular weight excluding hydrogens is 312 g/mol. The number of aliphatic hydroxyl groups is 1. The van der Waals surface area contributed by atoms with E-state index in [1.165, 1.54) is 4.68 Å². The van der Waals surface area contributed by atoms with E-state index in [1.807, 2.05) is 0 Å². The Bertz CT molecular complexity index is 673. The fourth-order valence-corrected chi connectivity index (χ4v) is 3.57. The number of aromatic nitrogens is 2. The van der Waals surface area contributed by atoms with Crippen LogP contribution in [0.3, 0.4) is 0 Å². The van der Waals surface area contributed by atoms with Crippen molar-refractivity contribution in [2.45, 2.75) is 64.7 Å². The number of fused-ring (bicyclic) bond motifs is 3. The molecule has 1 saturated carbocycles. The lowest BCUT2D eigenvalue weighted by molar-refractivity contribution is -0.155. The quantitative estimate of drug-likeness (QED) is 0.845. The minimum Gasteiger partial charge on any atom is -0.461 e. The molecule has 0 spiro atoms. The Morgan fingerprint density at radius 2 is 2.04 bits per heavy atom. The molecule has 3 unspecified atom stereocenters. The summed E-state index contributed by atoms with van der Waals surface area (Å²) in [6.45, 7) is 7.13. The zero-order valence-corrected chi connectivity index (χ0v) is 14.5. The highest BCUT2D eigenvalue weighted by atomic mass is 16.6. The normalized spacial score (nSPS) is 24.8. The molecule has 1 fully saturated rings. The number of rotatable bonds is 4. The first kappa shape index (κ1) is 17.0. The first-order chi connectivity index (χ1) is 11.2. The number of nitrogens with zero attached hydrogens (tertiary/aromatic N) is 2. The highest BCUT2D eigenvalue weighted by Gasteiger charge is 2.50. The largest absolute Gasteiger partial charge is 0.461 e. The fraction of sp³-hybridized carbons (Fsp3) is 0.706. The van der Waals surface area contributed by atoms with Crippen molar-refractivity contribution in [3.8, 4) is 0 Å². The van der Waals surface area contributed by atoms with Gasteiger partial charge in [0.05, 0.1) is 12.3 Å². The van der Waals surface area contributed by atoms with Crippen molar-refractivity contribution in [2.24, 2.45) is 5.92 Å². The Hall–Kier alpha value is -1.89. The number of esters is 2. The number of carbonyl (C=O) groups excluding carboxylic acids is 2. The molecule has 2 aliphatic rings. The number of ether oxygens (including phenoxy) is 2. The number of hydrogen-bond donors (Lipinski definition) is 1. The van der Waals surface area contributed by atoms with Crippen molar-refractivity contribution in [1.82, 2.24) is 9.78 Å². The lowest BCUT2D eigenvalue weighted by Crippen LogP contribution is -2.30. The molecule has 0 bridgehead atoms. The van der Waals surface area contributed by atoms with Crippen LogP contribution < -0.4 is 0 Å². The second-order valence-electron chi connectivity index (χ2n) is 7.40. The maximum atomic E-state index is 12.4. The molecule has 0 amide bonds. The minimum absolute atomic E-state index is 0.127. The van der Waals surface area contributed by atoms with Gasteiger partial charge in [-0.3, -0.25) is 4.79 Å². The smallest absolute Gasteiger partial charge is 0.356 e. The van der Waals surface area contributed by atoms with E-state index in [1.54, 1.807) is 27.7 Å². The average molecular weight is 336 g/mol. The van der Waals surface area contributed by atoms with Crippen LogP contribution in [0.5, 0.6) is 0 Å². The summed E-state index contributed by atoms with van der Waals surface area (Å²) in [6, 6.07) is 0. The number of aliphatic hydroxyl groups excluding tert-OH is 1. The highest BCUT2D eigenvalue weighted by Crippen LogP contribution is 2.57. The van der Waals surface area contributed by atoms with E-state index in [2.05, 4.69) is 5.10 Å². The molecule has 132 valence electrons. The number of hydrogen-bond acceptors (Lipinski definition) is 6. The van der Waals surface area contributed by atoms with Crippen molar-refractivity contribution in [3.63, 3.8) is 0 Å². The second-order valence-corrected chi connectivity index (χ2v) is 7.40. The Labute approximate surface area is 140 Å². The lowest BCUT2D eigenvalue weighted by atomic mass is 9.73. The standard InChI is InChI=1S/C17H24N2O5/c1-5-23-16(22)14-12-9-6-7-10(9)15(21)13(12)18-19(14)8-11(20)24-17(2,3)4/h9-10,15,21H,5-8H2,1-4H3. The van der Waals surface area contributed by atoms with Crippen LogP contribution in [-0.2, 0) is 20.8 Å². The second kappa shape index (κ2) is 5.88. The molecule has 1 aromatic rings. The molecule has 3 rings (SSSR count). The van der Waals surface area contributed by atoms with Gasteiger partial charge in [0, 0.05) is 5.56 Å². The Morgan fingerprint density at radius 3 is 2.58 bits per heavy atom. The van der Waals surface area contributed by atoms with E-state index in [-0.39, 0.29) is 30.7 Å². The Morgan fingerprint density at radius 1 is 1.33 bits per heavy atom. The molecule has 0 aromatic carbocycles. The molecule has 1 aromatic heterocycles. The van der Waals surface area contributed by atoms with Crippen LogP contribution >= 0.6 is 0 Å². The van der Waals surface area contributed by atoms with Gasteiger partial charge in [0.15, 0.2) is 5.69 Å². The molecule has 24 heavy (non-hydrogen) atoms. The minimum atomic E-state index is -0.674. The third-order valence-electron chi connectivity index (χ3n) is 4.57. The van der Waals surface area contributed by atoms with Crippen molar-refractivity contribution < 1.29 is 24.2 Å². The van der Waals surface area contributed by atoms with Gasteiger partial charge in [0.25, 0.3) is 0 Å². The zero-order chi connectivity index (χ0) is 17.6. The highest BCUT2D eigenvalue weighted by molar-refractivity contribution is 5.91. The third kappa shape index (κ3) is 2.81. The summed E-state index contributed by atoms with van der Waals surface area (Å²) >= 11 is 0. The monoisotopic (exact) mass is 336 g/mol. The molecule has 7 heteroatoms. The van der Waals surface area contributed by atoms with Crippen LogP contribution in [0.15, 0.2) is 0 Å². The molecule has 1 heterocycles. The van der Waals surface area contributed by atoms with Gasteiger partial charge in [0.2, 0.25) is 0 Å². The predicted molar refractivity (Wildman–Crippen MR) is 84.5 cm³/mol. The molecule has 3 atom stereocenters. The molecule has 0 aliphatic heterocycles. The Kier molecular flexibility index (Phi) is 4.15. The molecule has 0 saturated heterocycles. The summed E-state index contributed by atoms with van der Waals surface area (Å²) < 4.78 is 11.8. The van der Waals surface area contributed by atoms with Crippen LogP contribution in [0.1, 0.15) is 74.3 Å². The third-order valence-corrected chi connectivity index (χ3v) is 4.57. The number of carbonyl (C=O) groups is 2. The molecule has 7 nitrogen and oxygen atoms in total. The SMILES string of the molecule is CCOC(=O)c1c2c(nn1CC(=O)OC(C)(C)C)C(O)C1CCC21. The summed E-state index contributed by atoms with van der Waals surface area (Å²) in [4.78, 5) is 24.6. The maximum Gasteiger partial charge on any atom is 0.356 e. The molecule has 0 radical (unpaired) electrons. The van der Waals surface area contributed by atoms with E-state index in [0.717, 1.165) is 18.4 Å². The van der Waals surface area contributed by atoms with Gasteiger partial charge in [0.1, 0.15) is 18.2 Å². The molecule has 2 aliphatic carbocycles. The van der Waals surface area contributed by atoms with Crippen LogP contribution in [0.2, 0.25) is 0 Å². The zero-order valence-electron chi connectivity index (χ0n) is 14.5. The van der Waals surface area contributed by atoms with Crippen LogP contribution in [-0.4, -0.2) is 39.0 Å². The lowest BCUT2D eigenvalue weighted by Gasteiger charge is -2.33. The summed E-state index contributed by atoms with van der Waals surface area (Å²) in [5.74, 6) is -0.725. The van der Waals surface area contributed by atoms with E-state index >= 15 is 0 Å². The molecule has 1 N–H and O–H groups in total. The average Bonchev–Trinajstić information content (AvgIpc) is 2.81. The van der Waals surface area contributed by atoms with Gasteiger partial charge < -0.3 is 14.6 Å². The maximum absolute atomic E-state index is 12.4. The van der Waals surface area contributed by atoms with E-state index < -0.39 is 23.6 Å². The van der Waals surface area contributed by atoms with Crippen molar-refractivity contribution >= 4 is 11.9 Å². The van der Waals surface area contributed by atoms with Gasteiger partial charge in [-0.2, -0.15) is 5.10 Å². The Balaban J connectivity index is 1.93. The van der Waals surface area contributed by atoms with Gasteiger partial charge in [-0.1, -0.05) is 0 Å². The summed E-state index contributed by atoms with van der Waals surface area (Å²) in [5.41, 5.74) is 0.925. The molecular formula is C17H24N2O5. The van der Waals surface area contributed by atoms with E-state index in [0.29, 0.717) is 5.69 Å². The van der Waals surface area contributed by atoms with Gasteiger partial charge in [-0.25, -0.2) is 9.48 Å². The summed E-state index contributed by atoms with van der Waals surface area (Å²) in [6.07, 6.45) is 1.17. The van der Waals surface area contributed by atoms with Crippen LogP contribution in [0, 0.1) is 5.92 Å². The summed E-state index contributed by atoms with van der Waals surface area (Å²) in [5, 5.41) is 14.7. The summed E-state index contributed by atoms with van der Waals surface area (Å²) in [7, 11) is 0. The van der Waals surface area contributed by atoms with E-state index in [4.69, 9.17) is 9.47 Å². The van der Waals surface area contributed by atoms with Crippen molar-refractivity contribution in [1.29, 1.82) is 0 Å². The van der Waals surface area contributed by atoms with Gasteiger partial charge in [-0.05, 0) is 52.4 Å². The fourth-order valence-electron chi connectivity index (χ4n) is 3.57. The van der Waals surface area contributed by atoms with Crippen LogP contribution in [0.25, 0.3) is 0 Å². The predicted octanol–water partition coefficient (Wildman–Crippen LogP) is 1.94. The van der Waals surface area contributed by atoms with Crippen molar-refractivity contribution in [3.05, 3.63) is 17.0 Å². The first-order valence-electron chi connectivity index (χ1n) is 8.40. The van der Waals surface area contributed by atoms with Gasteiger partial charge >= 0.3 is 11.9 Å². The van der Waals surface area contributed by atoms with Gasteiger partial charge in [-0.15, -0.1) is 0 Å². The first-order valence-corrected chi connectivity index (χ1v) is 8.40.